The van der Waals surface area contributed by atoms with E-state index >= 15 is 0 Å². The molecule has 0 bridgehead atoms. The molecule has 2 nitrogen and oxygen atoms in total. The lowest BCUT2D eigenvalue weighted by atomic mass is 9.91. The number of hydrogen-bond donors (Lipinski definition) is 1. The standard InChI is InChI=1S/C15H25NOS/c1-4-10-16-14(15(3)9-6-11-17-15)13-8-7-12(5-2)18-13/h7-8,14,16H,4-6,9-11H2,1-3H3. The third-order valence-corrected chi connectivity index (χ3v) is 5.07. The molecule has 1 aromatic rings. The van der Waals surface area contributed by atoms with Crippen molar-refractivity contribution in [1.82, 2.24) is 5.32 Å². The zero-order valence-electron chi connectivity index (χ0n) is 11.8. The van der Waals surface area contributed by atoms with Gasteiger partial charge < -0.3 is 10.1 Å². The van der Waals surface area contributed by atoms with Crippen LogP contribution in [0.25, 0.3) is 0 Å². The summed E-state index contributed by atoms with van der Waals surface area (Å²) in [6.07, 6.45) is 4.64. The van der Waals surface area contributed by atoms with Crippen LogP contribution >= 0.6 is 11.3 Å². The van der Waals surface area contributed by atoms with Gasteiger partial charge in [0, 0.05) is 16.4 Å². The fourth-order valence-corrected chi connectivity index (χ4v) is 3.84. The van der Waals surface area contributed by atoms with Gasteiger partial charge in [-0.15, -0.1) is 11.3 Å². The summed E-state index contributed by atoms with van der Waals surface area (Å²) in [4.78, 5) is 2.90. The van der Waals surface area contributed by atoms with E-state index in [4.69, 9.17) is 4.74 Å². The molecule has 1 aliphatic rings. The van der Waals surface area contributed by atoms with Crippen LogP contribution in [0.15, 0.2) is 12.1 Å². The summed E-state index contributed by atoms with van der Waals surface area (Å²) in [5.74, 6) is 0. The molecule has 1 aromatic heterocycles. The van der Waals surface area contributed by atoms with Crippen molar-refractivity contribution in [2.75, 3.05) is 13.2 Å². The predicted octanol–water partition coefficient (Wildman–Crippen LogP) is 3.92. The largest absolute Gasteiger partial charge is 0.373 e. The first-order chi connectivity index (χ1) is 8.69. The fourth-order valence-electron chi connectivity index (χ4n) is 2.67. The van der Waals surface area contributed by atoms with Gasteiger partial charge in [0.2, 0.25) is 0 Å². The van der Waals surface area contributed by atoms with Crippen molar-refractivity contribution in [3.05, 3.63) is 21.9 Å². The Bertz CT molecular complexity index is 368. The fraction of sp³-hybridized carbons (Fsp3) is 0.733. The molecule has 0 radical (unpaired) electrons. The first kappa shape index (κ1) is 14.0. The number of thiophene rings is 1. The molecule has 2 heterocycles. The van der Waals surface area contributed by atoms with E-state index in [1.807, 2.05) is 11.3 Å². The summed E-state index contributed by atoms with van der Waals surface area (Å²) < 4.78 is 6.04. The lowest BCUT2D eigenvalue weighted by molar-refractivity contribution is -0.0115. The van der Waals surface area contributed by atoms with Crippen LogP contribution < -0.4 is 5.32 Å². The highest BCUT2D eigenvalue weighted by Crippen LogP contribution is 2.39. The maximum absolute atomic E-state index is 6.04. The number of aryl methyl sites for hydroxylation is 1. The Kier molecular flexibility index (Phi) is 4.82. The molecule has 0 saturated carbocycles. The molecule has 0 spiro atoms. The molecule has 0 aliphatic carbocycles. The molecule has 0 aromatic carbocycles. The molecule has 1 N–H and O–H groups in total. The van der Waals surface area contributed by atoms with E-state index in [9.17, 15) is 0 Å². The second-order valence-electron chi connectivity index (χ2n) is 5.31. The summed E-state index contributed by atoms with van der Waals surface area (Å²) in [7, 11) is 0. The number of rotatable bonds is 6. The number of nitrogens with one attached hydrogen (secondary N) is 1. The number of ether oxygens (including phenoxy) is 1. The second-order valence-corrected chi connectivity index (χ2v) is 6.51. The Morgan fingerprint density at radius 1 is 1.44 bits per heavy atom. The van der Waals surface area contributed by atoms with E-state index in [1.54, 1.807) is 0 Å². The molecule has 3 heteroatoms. The summed E-state index contributed by atoms with van der Waals surface area (Å²) in [6.45, 7) is 8.67. The second kappa shape index (κ2) is 6.18. The predicted molar refractivity (Wildman–Crippen MR) is 78.3 cm³/mol. The van der Waals surface area contributed by atoms with Gasteiger partial charge >= 0.3 is 0 Å². The monoisotopic (exact) mass is 267 g/mol. The molecular formula is C15H25NOS. The van der Waals surface area contributed by atoms with Crippen LogP contribution in [-0.4, -0.2) is 18.8 Å². The van der Waals surface area contributed by atoms with Gasteiger partial charge in [0.25, 0.3) is 0 Å². The molecular weight excluding hydrogens is 242 g/mol. The van der Waals surface area contributed by atoms with Crippen LogP contribution in [0.4, 0.5) is 0 Å². The quantitative estimate of drug-likeness (QED) is 0.843. The lowest BCUT2D eigenvalue weighted by Crippen LogP contribution is -2.41. The van der Waals surface area contributed by atoms with Crippen molar-refractivity contribution in [1.29, 1.82) is 0 Å². The van der Waals surface area contributed by atoms with Gasteiger partial charge in [0.15, 0.2) is 0 Å². The molecule has 18 heavy (non-hydrogen) atoms. The van der Waals surface area contributed by atoms with Crippen molar-refractivity contribution >= 4 is 11.3 Å². The highest BCUT2D eigenvalue weighted by molar-refractivity contribution is 7.12. The molecule has 1 saturated heterocycles. The zero-order valence-corrected chi connectivity index (χ0v) is 12.6. The van der Waals surface area contributed by atoms with Gasteiger partial charge in [-0.25, -0.2) is 0 Å². The normalized spacial score (nSPS) is 25.5. The Balaban J connectivity index is 2.18. The Morgan fingerprint density at radius 2 is 2.28 bits per heavy atom. The maximum atomic E-state index is 6.04. The maximum Gasteiger partial charge on any atom is 0.0857 e. The highest BCUT2D eigenvalue weighted by Gasteiger charge is 2.39. The van der Waals surface area contributed by atoms with Gasteiger partial charge in [0.1, 0.15) is 0 Å². The van der Waals surface area contributed by atoms with Gasteiger partial charge in [-0.05, 0) is 51.3 Å². The van der Waals surface area contributed by atoms with Crippen molar-refractivity contribution in [2.45, 2.75) is 58.1 Å². The van der Waals surface area contributed by atoms with Crippen LogP contribution in [0.5, 0.6) is 0 Å². The first-order valence-corrected chi connectivity index (χ1v) is 7.97. The summed E-state index contributed by atoms with van der Waals surface area (Å²) in [6, 6.07) is 4.90. The Morgan fingerprint density at radius 3 is 2.83 bits per heavy atom. The molecule has 1 aliphatic heterocycles. The van der Waals surface area contributed by atoms with Crippen molar-refractivity contribution in [2.24, 2.45) is 0 Å². The van der Waals surface area contributed by atoms with Crippen LogP contribution in [0, 0.1) is 0 Å². The van der Waals surface area contributed by atoms with E-state index in [1.165, 1.54) is 22.6 Å². The minimum atomic E-state index is -0.0228. The molecule has 0 amide bonds. The Labute approximate surface area is 115 Å². The van der Waals surface area contributed by atoms with E-state index in [2.05, 4.69) is 38.2 Å². The zero-order chi connectivity index (χ0) is 13.0. The molecule has 2 unspecified atom stereocenters. The minimum Gasteiger partial charge on any atom is -0.373 e. The average Bonchev–Trinajstić information content (AvgIpc) is 2.99. The summed E-state index contributed by atoms with van der Waals surface area (Å²) >= 11 is 1.93. The summed E-state index contributed by atoms with van der Waals surface area (Å²) in [5.41, 5.74) is -0.0228. The van der Waals surface area contributed by atoms with E-state index in [-0.39, 0.29) is 5.60 Å². The summed E-state index contributed by atoms with van der Waals surface area (Å²) in [5, 5.41) is 3.69. The van der Waals surface area contributed by atoms with Gasteiger partial charge in [-0.2, -0.15) is 0 Å². The smallest absolute Gasteiger partial charge is 0.0857 e. The Hall–Kier alpha value is -0.380. The SMILES string of the molecule is CCCNC(c1ccc(CC)s1)C1(C)CCCO1. The average molecular weight is 267 g/mol. The van der Waals surface area contributed by atoms with Crippen LogP contribution in [0.1, 0.15) is 55.8 Å². The first-order valence-electron chi connectivity index (χ1n) is 7.15. The van der Waals surface area contributed by atoms with Crippen LogP contribution in [-0.2, 0) is 11.2 Å². The van der Waals surface area contributed by atoms with E-state index in [0.717, 1.165) is 26.0 Å². The molecule has 1 fully saturated rings. The molecule has 102 valence electrons. The van der Waals surface area contributed by atoms with Crippen LogP contribution in [0.2, 0.25) is 0 Å². The highest BCUT2D eigenvalue weighted by atomic mass is 32.1. The molecule has 2 atom stereocenters. The molecule has 2 rings (SSSR count). The van der Waals surface area contributed by atoms with Crippen LogP contribution in [0.3, 0.4) is 0 Å². The number of hydrogen-bond acceptors (Lipinski definition) is 3. The van der Waals surface area contributed by atoms with Crippen molar-refractivity contribution in [3.63, 3.8) is 0 Å². The van der Waals surface area contributed by atoms with Crippen molar-refractivity contribution in [3.8, 4) is 0 Å². The van der Waals surface area contributed by atoms with Gasteiger partial charge in [-0.3, -0.25) is 0 Å². The lowest BCUT2D eigenvalue weighted by Gasteiger charge is -2.33. The topological polar surface area (TPSA) is 21.3 Å². The van der Waals surface area contributed by atoms with Gasteiger partial charge in [0.05, 0.1) is 11.6 Å². The van der Waals surface area contributed by atoms with E-state index in [0.29, 0.717) is 6.04 Å². The minimum absolute atomic E-state index is 0.0228. The van der Waals surface area contributed by atoms with E-state index < -0.39 is 0 Å². The van der Waals surface area contributed by atoms with Crippen molar-refractivity contribution < 1.29 is 4.74 Å². The third-order valence-electron chi connectivity index (χ3n) is 3.77. The van der Waals surface area contributed by atoms with Gasteiger partial charge in [-0.1, -0.05) is 13.8 Å². The third kappa shape index (κ3) is 2.95.